The van der Waals surface area contributed by atoms with Crippen molar-refractivity contribution in [2.24, 2.45) is 5.73 Å². The van der Waals surface area contributed by atoms with Crippen LogP contribution in [-0.2, 0) is 5.41 Å². The lowest BCUT2D eigenvalue weighted by Crippen LogP contribution is -2.29. The molecule has 0 aliphatic rings. The monoisotopic (exact) mass is 359 g/mol. The van der Waals surface area contributed by atoms with E-state index in [2.05, 4.69) is 0 Å². The van der Waals surface area contributed by atoms with Gasteiger partial charge in [0.25, 0.3) is 0 Å². The molecule has 0 bridgehead atoms. The van der Waals surface area contributed by atoms with Gasteiger partial charge in [-0.25, -0.2) is 0 Å². The summed E-state index contributed by atoms with van der Waals surface area (Å²) in [5.41, 5.74) is 7.61. The van der Waals surface area contributed by atoms with Crippen LogP contribution < -0.4 is 11.2 Å². The molecule has 3 aromatic rings. The summed E-state index contributed by atoms with van der Waals surface area (Å²) in [6, 6.07) is 12.6. The smallest absolute Gasteiger partial charge is 0.196 e. The molecule has 4 nitrogen and oxygen atoms in total. The fourth-order valence-corrected chi connectivity index (χ4v) is 2.96. The summed E-state index contributed by atoms with van der Waals surface area (Å²) in [6.07, 6.45) is 0. The summed E-state index contributed by atoms with van der Waals surface area (Å²) in [6.45, 7) is 5.92. The first-order chi connectivity index (χ1) is 11.4. The number of fused-ring (bicyclic) bond motifs is 1. The summed E-state index contributed by atoms with van der Waals surface area (Å²) >= 11 is 0. The van der Waals surface area contributed by atoms with Crippen molar-refractivity contribution in [2.75, 3.05) is 6.54 Å². The van der Waals surface area contributed by atoms with Crippen LogP contribution in [0.15, 0.2) is 51.7 Å². The molecule has 5 heteroatoms. The Morgan fingerprint density at radius 1 is 1.12 bits per heavy atom. The number of halogens is 1. The van der Waals surface area contributed by atoms with Gasteiger partial charge in [-0.3, -0.25) is 4.79 Å². The summed E-state index contributed by atoms with van der Waals surface area (Å²) in [5, 5.41) is 10.8. The van der Waals surface area contributed by atoms with Gasteiger partial charge in [0, 0.05) is 28.7 Å². The molecule has 0 aliphatic heterocycles. The van der Waals surface area contributed by atoms with Gasteiger partial charge < -0.3 is 15.3 Å². The van der Waals surface area contributed by atoms with E-state index in [1.165, 1.54) is 6.07 Å². The highest BCUT2D eigenvalue weighted by Gasteiger charge is 2.28. The van der Waals surface area contributed by atoms with Crippen LogP contribution in [0.5, 0.6) is 5.75 Å². The Bertz CT molecular complexity index is 962. The van der Waals surface area contributed by atoms with Crippen LogP contribution >= 0.6 is 12.4 Å². The van der Waals surface area contributed by atoms with Crippen molar-refractivity contribution < 1.29 is 9.52 Å². The number of rotatable bonds is 3. The van der Waals surface area contributed by atoms with Crippen LogP contribution in [0.1, 0.15) is 25.0 Å². The highest BCUT2D eigenvalue weighted by atomic mass is 35.5. The van der Waals surface area contributed by atoms with E-state index in [9.17, 15) is 9.90 Å². The standard InChI is InChI=1S/C20H21NO3.ClH/c1-12-17(23)14-9-10-15(22)16(20(2,3)11-21)19(14)24-18(12)13-7-5-4-6-8-13;/h4-10,22H,11,21H2,1-3H3;1H. The largest absolute Gasteiger partial charge is 0.508 e. The van der Waals surface area contributed by atoms with E-state index in [1.807, 2.05) is 44.2 Å². The molecule has 0 fully saturated rings. The molecule has 0 aliphatic carbocycles. The normalized spacial score (nSPS) is 11.4. The van der Waals surface area contributed by atoms with Crippen molar-refractivity contribution in [3.63, 3.8) is 0 Å². The molecule has 3 rings (SSSR count). The van der Waals surface area contributed by atoms with Crippen molar-refractivity contribution in [1.29, 1.82) is 0 Å². The lowest BCUT2D eigenvalue weighted by Gasteiger charge is -2.25. The summed E-state index contributed by atoms with van der Waals surface area (Å²) in [4.78, 5) is 12.8. The Morgan fingerprint density at radius 2 is 1.76 bits per heavy atom. The molecule has 0 atom stereocenters. The van der Waals surface area contributed by atoms with Gasteiger partial charge in [-0.1, -0.05) is 44.2 Å². The maximum atomic E-state index is 12.8. The third kappa shape index (κ3) is 3.15. The quantitative estimate of drug-likeness (QED) is 0.737. The van der Waals surface area contributed by atoms with Crippen molar-refractivity contribution in [2.45, 2.75) is 26.2 Å². The Labute approximate surface area is 152 Å². The number of aromatic hydroxyl groups is 1. The van der Waals surface area contributed by atoms with Gasteiger partial charge in [0.2, 0.25) is 0 Å². The second-order valence-electron chi connectivity index (χ2n) is 6.68. The zero-order valence-electron chi connectivity index (χ0n) is 14.5. The van der Waals surface area contributed by atoms with Crippen molar-refractivity contribution in [1.82, 2.24) is 0 Å². The van der Waals surface area contributed by atoms with E-state index in [1.54, 1.807) is 13.0 Å². The van der Waals surface area contributed by atoms with E-state index in [0.717, 1.165) is 5.56 Å². The van der Waals surface area contributed by atoms with E-state index in [-0.39, 0.29) is 23.6 Å². The van der Waals surface area contributed by atoms with Gasteiger partial charge in [0.05, 0.1) is 5.39 Å². The van der Waals surface area contributed by atoms with E-state index in [4.69, 9.17) is 10.2 Å². The minimum atomic E-state index is -0.525. The minimum absolute atomic E-state index is 0. The first-order valence-corrected chi connectivity index (χ1v) is 7.92. The molecule has 0 radical (unpaired) electrons. The van der Waals surface area contributed by atoms with E-state index in [0.29, 0.717) is 34.4 Å². The zero-order valence-corrected chi connectivity index (χ0v) is 15.3. The number of phenols is 1. The number of phenolic OH excluding ortho intramolecular Hbond substituents is 1. The third-order valence-corrected chi connectivity index (χ3v) is 4.49. The Hall–Kier alpha value is -2.30. The third-order valence-electron chi connectivity index (χ3n) is 4.49. The fraction of sp³-hybridized carbons (Fsp3) is 0.250. The number of benzene rings is 2. The van der Waals surface area contributed by atoms with Gasteiger partial charge in [-0.15, -0.1) is 12.4 Å². The Morgan fingerprint density at radius 3 is 2.36 bits per heavy atom. The van der Waals surface area contributed by atoms with Gasteiger partial charge in [-0.05, 0) is 19.1 Å². The van der Waals surface area contributed by atoms with Crippen LogP contribution in [0, 0.1) is 6.92 Å². The molecule has 0 saturated carbocycles. The predicted molar refractivity (Wildman–Crippen MR) is 104 cm³/mol. The molecule has 25 heavy (non-hydrogen) atoms. The Kier molecular flexibility index (Phi) is 5.26. The molecule has 2 aromatic carbocycles. The molecule has 0 amide bonds. The average molecular weight is 360 g/mol. The minimum Gasteiger partial charge on any atom is -0.508 e. The first kappa shape index (κ1) is 19.0. The lowest BCUT2D eigenvalue weighted by molar-refractivity contribution is 0.435. The molecule has 1 heterocycles. The predicted octanol–water partition coefficient (Wildman–Crippen LogP) is 4.13. The Balaban J connectivity index is 0.00000225. The molecule has 0 spiro atoms. The van der Waals surface area contributed by atoms with Crippen LogP contribution in [0.3, 0.4) is 0 Å². The van der Waals surface area contributed by atoms with Crippen LogP contribution in [0.4, 0.5) is 0 Å². The number of hydrogen-bond acceptors (Lipinski definition) is 4. The van der Waals surface area contributed by atoms with Crippen molar-refractivity contribution in [3.8, 4) is 17.1 Å². The van der Waals surface area contributed by atoms with Gasteiger partial charge in [0.1, 0.15) is 17.1 Å². The molecule has 1 aromatic heterocycles. The van der Waals surface area contributed by atoms with E-state index >= 15 is 0 Å². The van der Waals surface area contributed by atoms with Crippen molar-refractivity contribution >= 4 is 23.4 Å². The maximum Gasteiger partial charge on any atom is 0.196 e. The van der Waals surface area contributed by atoms with Gasteiger partial charge >= 0.3 is 0 Å². The average Bonchev–Trinajstić information content (AvgIpc) is 2.58. The lowest BCUT2D eigenvalue weighted by atomic mass is 9.83. The van der Waals surface area contributed by atoms with Crippen molar-refractivity contribution in [3.05, 3.63) is 63.8 Å². The van der Waals surface area contributed by atoms with Crippen LogP contribution in [0.25, 0.3) is 22.3 Å². The zero-order chi connectivity index (χ0) is 17.5. The van der Waals surface area contributed by atoms with Crippen LogP contribution in [-0.4, -0.2) is 11.7 Å². The first-order valence-electron chi connectivity index (χ1n) is 7.92. The summed E-state index contributed by atoms with van der Waals surface area (Å²) < 4.78 is 6.14. The fourth-order valence-electron chi connectivity index (χ4n) is 2.96. The van der Waals surface area contributed by atoms with Gasteiger partial charge in [-0.2, -0.15) is 0 Å². The molecule has 0 saturated heterocycles. The summed E-state index contributed by atoms with van der Waals surface area (Å²) in [5.74, 6) is 0.608. The molecule has 3 N–H and O–H groups in total. The topological polar surface area (TPSA) is 76.5 Å². The molecule has 0 unspecified atom stereocenters. The molecular weight excluding hydrogens is 338 g/mol. The highest BCUT2D eigenvalue weighted by Crippen LogP contribution is 2.38. The van der Waals surface area contributed by atoms with E-state index < -0.39 is 5.41 Å². The highest BCUT2D eigenvalue weighted by molar-refractivity contribution is 5.86. The van der Waals surface area contributed by atoms with Crippen LogP contribution in [0.2, 0.25) is 0 Å². The second-order valence-corrected chi connectivity index (χ2v) is 6.68. The molecular formula is C20H22ClNO3. The maximum absolute atomic E-state index is 12.8. The second kappa shape index (κ2) is 6.90. The SMILES string of the molecule is Cc1c(-c2ccccc2)oc2c(C(C)(C)CN)c(O)ccc2c1=O.Cl. The molecule has 132 valence electrons. The summed E-state index contributed by atoms with van der Waals surface area (Å²) in [7, 11) is 0. The number of nitrogens with two attached hydrogens (primary N) is 1. The number of hydrogen-bond donors (Lipinski definition) is 2. The van der Waals surface area contributed by atoms with Gasteiger partial charge in [0.15, 0.2) is 5.43 Å².